The highest BCUT2D eigenvalue weighted by Crippen LogP contribution is 2.26. The van der Waals surface area contributed by atoms with Gasteiger partial charge in [0.1, 0.15) is 11.9 Å². The molecule has 0 aromatic heterocycles. The predicted molar refractivity (Wildman–Crippen MR) is 99.4 cm³/mol. The molecule has 0 atom stereocenters. The van der Waals surface area contributed by atoms with E-state index in [1.807, 2.05) is 6.07 Å². The minimum Gasteiger partial charge on any atom is -0.317 e. The maximum Gasteiger partial charge on any atom is 0.322 e. The summed E-state index contributed by atoms with van der Waals surface area (Å²) in [5, 5.41) is 12.5. The van der Waals surface area contributed by atoms with E-state index in [2.05, 4.69) is 5.32 Å². The first kappa shape index (κ1) is 18.2. The number of nitrogens with one attached hydrogen (secondary N) is 1. The van der Waals surface area contributed by atoms with Crippen molar-refractivity contribution in [3.8, 4) is 6.07 Å². The Labute approximate surface area is 157 Å². The average Bonchev–Trinajstić information content (AvgIpc) is 3.17. The number of carbonyl (C=O) groups is 1. The van der Waals surface area contributed by atoms with Crippen LogP contribution >= 0.6 is 11.6 Å². The fourth-order valence-electron chi connectivity index (χ4n) is 3.26. The number of carbonyl (C=O) groups excluding carboxylic acids is 1. The maximum absolute atomic E-state index is 13.6. The average molecular weight is 372 g/mol. The second-order valence-electron chi connectivity index (χ2n) is 6.43. The Kier molecular flexibility index (Phi) is 5.75. The third kappa shape index (κ3) is 4.33. The Morgan fingerprint density at radius 1 is 1.23 bits per heavy atom. The first-order valence-electron chi connectivity index (χ1n) is 8.58. The second-order valence-corrected chi connectivity index (χ2v) is 6.87. The van der Waals surface area contributed by atoms with Gasteiger partial charge in [0.15, 0.2) is 0 Å². The molecule has 0 spiro atoms. The summed E-state index contributed by atoms with van der Waals surface area (Å²) in [6.45, 7) is 0.332. The van der Waals surface area contributed by atoms with Gasteiger partial charge in [-0.25, -0.2) is 9.18 Å². The lowest BCUT2D eigenvalue weighted by atomic mass is 10.1. The lowest BCUT2D eigenvalue weighted by molar-refractivity contribution is 0.184. The van der Waals surface area contributed by atoms with E-state index in [1.165, 1.54) is 12.1 Å². The zero-order valence-corrected chi connectivity index (χ0v) is 15.0. The Balaban J connectivity index is 1.79. The smallest absolute Gasteiger partial charge is 0.317 e. The molecule has 0 unspecified atom stereocenters. The van der Waals surface area contributed by atoms with Crippen molar-refractivity contribution >= 4 is 23.3 Å². The number of nitrogens with zero attached hydrogens (tertiary/aromatic N) is 2. The quantitative estimate of drug-likeness (QED) is 0.789. The number of hydrogen-bond donors (Lipinski definition) is 1. The van der Waals surface area contributed by atoms with Gasteiger partial charge in [0.25, 0.3) is 0 Å². The van der Waals surface area contributed by atoms with Crippen LogP contribution < -0.4 is 5.32 Å². The molecule has 6 heteroatoms. The second kappa shape index (κ2) is 8.20. The summed E-state index contributed by atoms with van der Waals surface area (Å²) in [6, 6.07) is 13.1. The standard InChI is InChI=1S/C20H19ClFN3O/c21-16-6-8-17(9-7-16)24-20(26)25(18-3-1-2-4-18)13-14-5-10-19(22)15(11-14)12-23/h5-11,18H,1-4,13H2,(H,24,26). The fourth-order valence-corrected chi connectivity index (χ4v) is 3.39. The summed E-state index contributed by atoms with van der Waals surface area (Å²) < 4.78 is 13.6. The SMILES string of the molecule is N#Cc1cc(CN(C(=O)Nc2ccc(Cl)cc2)C2CCCC2)ccc1F. The third-order valence-corrected chi connectivity index (χ3v) is 4.88. The summed E-state index contributed by atoms with van der Waals surface area (Å²) in [5.74, 6) is -0.547. The molecule has 1 fully saturated rings. The molecule has 3 rings (SSSR count). The third-order valence-electron chi connectivity index (χ3n) is 4.63. The highest BCUT2D eigenvalue weighted by Gasteiger charge is 2.27. The summed E-state index contributed by atoms with van der Waals surface area (Å²) in [4.78, 5) is 14.6. The summed E-state index contributed by atoms with van der Waals surface area (Å²) >= 11 is 5.88. The van der Waals surface area contributed by atoms with Crippen molar-refractivity contribution < 1.29 is 9.18 Å². The van der Waals surface area contributed by atoms with Crippen LogP contribution in [0.3, 0.4) is 0 Å². The van der Waals surface area contributed by atoms with Gasteiger partial charge in [0, 0.05) is 23.3 Å². The van der Waals surface area contributed by atoms with Crippen molar-refractivity contribution in [1.29, 1.82) is 5.26 Å². The largest absolute Gasteiger partial charge is 0.322 e. The minimum atomic E-state index is -0.547. The number of benzene rings is 2. The summed E-state index contributed by atoms with van der Waals surface area (Å²) in [6.07, 6.45) is 4.06. The van der Waals surface area contributed by atoms with E-state index in [9.17, 15) is 9.18 Å². The number of rotatable bonds is 4. The molecule has 26 heavy (non-hydrogen) atoms. The Morgan fingerprint density at radius 3 is 2.58 bits per heavy atom. The van der Waals surface area contributed by atoms with E-state index in [1.54, 1.807) is 35.2 Å². The number of urea groups is 1. The molecule has 4 nitrogen and oxygen atoms in total. The fraction of sp³-hybridized carbons (Fsp3) is 0.300. The number of hydrogen-bond acceptors (Lipinski definition) is 2. The van der Waals surface area contributed by atoms with Gasteiger partial charge < -0.3 is 10.2 Å². The topological polar surface area (TPSA) is 56.1 Å². The number of amides is 2. The molecule has 1 saturated carbocycles. The van der Waals surface area contributed by atoms with Crippen LogP contribution in [0.4, 0.5) is 14.9 Å². The molecule has 0 heterocycles. The van der Waals surface area contributed by atoms with Gasteiger partial charge in [-0.3, -0.25) is 0 Å². The van der Waals surface area contributed by atoms with Crippen molar-refractivity contribution in [3.63, 3.8) is 0 Å². The van der Waals surface area contributed by atoms with E-state index < -0.39 is 5.82 Å². The Hall–Kier alpha value is -2.58. The molecular formula is C20H19ClFN3O. The van der Waals surface area contributed by atoms with Crippen molar-refractivity contribution in [2.24, 2.45) is 0 Å². The van der Waals surface area contributed by atoms with Crippen molar-refractivity contribution in [2.45, 2.75) is 38.3 Å². The molecule has 0 aliphatic heterocycles. The molecule has 2 aromatic carbocycles. The van der Waals surface area contributed by atoms with Crippen LogP contribution in [0, 0.1) is 17.1 Å². The van der Waals surface area contributed by atoms with Crippen LogP contribution in [-0.2, 0) is 6.54 Å². The summed E-state index contributed by atoms with van der Waals surface area (Å²) in [7, 11) is 0. The van der Waals surface area contributed by atoms with Gasteiger partial charge in [0.05, 0.1) is 5.56 Å². The van der Waals surface area contributed by atoms with Gasteiger partial charge in [-0.05, 0) is 54.8 Å². The van der Waals surface area contributed by atoms with Crippen LogP contribution in [0.5, 0.6) is 0 Å². The highest BCUT2D eigenvalue weighted by atomic mass is 35.5. The van der Waals surface area contributed by atoms with E-state index >= 15 is 0 Å². The van der Waals surface area contributed by atoms with Crippen molar-refractivity contribution in [2.75, 3.05) is 5.32 Å². The first-order valence-corrected chi connectivity index (χ1v) is 8.96. The van der Waals surface area contributed by atoms with Gasteiger partial charge in [-0.15, -0.1) is 0 Å². The predicted octanol–water partition coefficient (Wildman–Crippen LogP) is 5.33. The van der Waals surface area contributed by atoms with Crippen LogP contribution in [-0.4, -0.2) is 17.0 Å². The molecule has 2 aromatic rings. The first-order chi connectivity index (χ1) is 12.6. The van der Waals surface area contributed by atoms with Gasteiger partial charge in [-0.1, -0.05) is 30.5 Å². The number of halogens is 2. The molecule has 0 bridgehead atoms. The lowest BCUT2D eigenvalue weighted by Crippen LogP contribution is -2.41. The maximum atomic E-state index is 13.6. The normalized spacial score (nSPS) is 14.0. The van der Waals surface area contributed by atoms with Crippen LogP contribution in [0.25, 0.3) is 0 Å². The van der Waals surface area contributed by atoms with Crippen molar-refractivity contribution in [1.82, 2.24) is 4.90 Å². The van der Waals surface area contributed by atoms with Crippen molar-refractivity contribution in [3.05, 3.63) is 64.4 Å². The van der Waals surface area contributed by atoms with Crippen LogP contribution in [0.15, 0.2) is 42.5 Å². The molecule has 1 aliphatic rings. The number of anilines is 1. The van der Waals surface area contributed by atoms with Gasteiger partial charge in [0.2, 0.25) is 0 Å². The van der Waals surface area contributed by atoms with E-state index in [0.717, 1.165) is 31.2 Å². The van der Waals surface area contributed by atoms with E-state index in [0.29, 0.717) is 17.3 Å². The minimum absolute atomic E-state index is 0.00742. The van der Waals surface area contributed by atoms with Gasteiger partial charge in [-0.2, -0.15) is 5.26 Å². The van der Waals surface area contributed by atoms with E-state index in [4.69, 9.17) is 16.9 Å². The molecular weight excluding hydrogens is 353 g/mol. The van der Waals surface area contributed by atoms with Crippen LogP contribution in [0.1, 0.15) is 36.8 Å². The molecule has 0 saturated heterocycles. The zero-order chi connectivity index (χ0) is 18.5. The lowest BCUT2D eigenvalue weighted by Gasteiger charge is -2.29. The number of nitriles is 1. The Bertz CT molecular complexity index is 826. The monoisotopic (exact) mass is 371 g/mol. The molecule has 1 N–H and O–H groups in total. The molecule has 0 radical (unpaired) electrons. The molecule has 1 aliphatic carbocycles. The molecule has 2 amide bonds. The van der Waals surface area contributed by atoms with Crippen LogP contribution in [0.2, 0.25) is 5.02 Å². The highest BCUT2D eigenvalue weighted by molar-refractivity contribution is 6.30. The Morgan fingerprint density at radius 2 is 1.92 bits per heavy atom. The molecule has 134 valence electrons. The summed E-state index contributed by atoms with van der Waals surface area (Å²) in [5.41, 5.74) is 1.40. The zero-order valence-electron chi connectivity index (χ0n) is 14.2. The van der Waals surface area contributed by atoms with Gasteiger partial charge >= 0.3 is 6.03 Å². The van der Waals surface area contributed by atoms with E-state index in [-0.39, 0.29) is 17.6 Å².